The molecule has 7 nitrogen and oxygen atoms in total. The van der Waals surface area contributed by atoms with Gasteiger partial charge in [0, 0.05) is 31.0 Å². The van der Waals surface area contributed by atoms with Gasteiger partial charge in [0.15, 0.2) is 0 Å². The molecule has 1 N–H and O–H groups in total. The van der Waals surface area contributed by atoms with Crippen molar-refractivity contribution in [1.29, 1.82) is 0 Å². The lowest BCUT2D eigenvalue weighted by molar-refractivity contribution is -0.150. The number of hydrogen-bond acceptors (Lipinski definition) is 6. The van der Waals surface area contributed by atoms with Gasteiger partial charge in [-0.1, -0.05) is 0 Å². The van der Waals surface area contributed by atoms with Crippen molar-refractivity contribution in [3.8, 4) is 0 Å². The van der Waals surface area contributed by atoms with Crippen LogP contribution in [0, 0.1) is 5.92 Å². The number of piperidine rings is 1. The molecule has 1 atom stereocenters. The van der Waals surface area contributed by atoms with Gasteiger partial charge in [-0.2, -0.15) is 0 Å². The van der Waals surface area contributed by atoms with Crippen molar-refractivity contribution in [1.82, 2.24) is 4.90 Å². The number of amides is 1. The summed E-state index contributed by atoms with van der Waals surface area (Å²) in [7, 11) is 0. The molecule has 0 saturated carbocycles. The molecule has 0 aromatic heterocycles. The normalized spacial score (nSPS) is 20.9. The average Bonchev–Trinajstić information content (AvgIpc) is 2.69. The maximum absolute atomic E-state index is 12.4. The Bertz CT molecular complexity index is 629. The highest BCUT2D eigenvalue weighted by atomic mass is 16.5. The number of esters is 1. The Kier molecular flexibility index (Phi) is 7.06. The molecule has 7 heteroatoms. The van der Waals surface area contributed by atoms with Crippen LogP contribution >= 0.6 is 0 Å². The Balaban J connectivity index is 1.47. The summed E-state index contributed by atoms with van der Waals surface area (Å²) >= 11 is 0. The first-order valence-electron chi connectivity index (χ1n) is 9.77. The monoisotopic (exact) mass is 375 g/mol. The largest absolute Gasteiger partial charge is 0.466 e. The summed E-state index contributed by atoms with van der Waals surface area (Å²) in [5.74, 6) is -0.334. The van der Waals surface area contributed by atoms with Crippen molar-refractivity contribution in [2.24, 2.45) is 5.92 Å². The lowest BCUT2D eigenvalue weighted by Gasteiger charge is -2.31. The zero-order valence-electron chi connectivity index (χ0n) is 16.0. The molecule has 0 spiro atoms. The van der Waals surface area contributed by atoms with Crippen LogP contribution in [0.25, 0.3) is 0 Å². The Morgan fingerprint density at radius 2 is 1.93 bits per heavy atom. The SMILES string of the molecule is CCOC(=O)C1CCCN(CC(=O)Nc2ccc(N3CCOCC3)cc2)C1. The highest BCUT2D eigenvalue weighted by Gasteiger charge is 2.27. The van der Waals surface area contributed by atoms with Crippen LogP contribution in [0.15, 0.2) is 24.3 Å². The molecule has 2 saturated heterocycles. The standard InChI is InChI=1S/C20H29N3O4/c1-2-27-20(25)16-4-3-9-22(14-16)15-19(24)21-17-5-7-18(8-6-17)23-10-12-26-13-11-23/h5-8,16H,2-4,9-15H2,1H3,(H,21,24). The molecule has 0 radical (unpaired) electrons. The molecular weight excluding hydrogens is 346 g/mol. The third-order valence-corrected chi connectivity index (χ3v) is 5.02. The zero-order valence-corrected chi connectivity index (χ0v) is 16.0. The molecule has 27 heavy (non-hydrogen) atoms. The van der Waals surface area contributed by atoms with E-state index in [1.165, 1.54) is 0 Å². The van der Waals surface area contributed by atoms with Gasteiger partial charge in [-0.05, 0) is 50.6 Å². The van der Waals surface area contributed by atoms with Gasteiger partial charge in [-0.3, -0.25) is 14.5 Å². The average molecular weight is 375 g/mol. The summed E-state index contributed by atoms with van der Waals surface area (Å²) in [5, 5.41) is 2.95. The fourth-order valence-corrected chi connectivity index (χ4v) is 3.63. The first-order chi connectivity index (χ1) is 13.2. The van der Waals surface area contributed by atoms with Gasteiger partial charge in [0.2, 0.25) is 5.91 Å². The van der Waals surface area contributed by atoms with Crippen LogP contribution in [-0.2, 0) is 19.1 Å². The van der Waals surface area contributed by atoms with Gasteiger partial charge < -0.3 is 19.7 Å². The second-order valence-corrected chi connectivity index (χ2v) is 7.02. The van der Waals surface area contributed by atoms with E-state index in [0.29, 0.717) is 19.7 Å². The molecule has 3 rings (SSSR count). The minimum Gasteiger partial charge on any atom is -0.466 e. The van der Waals surface area contributed by atoms with Crippen LogP contribution in [0.3, 0.4) is 0 Å². The first-order valence-corrected chi connectivity index (χ1v) is 9.77. The van der Waals surface area contributed by atoms with E-state index in [1.807, 2.05) is 36.1 Å². The van der Waals surface area contributed by atoms with Crippen molar-refractivity contribution in [3.63, 3.8) is 0 Å². The van der Waals surface area contributed by atoms with E-state index < -0.39 is 0 Å². The van der Waals surface area contributed by atoms with Gasteiger partial charge in [-0.25, -0.2) is 0 Å². The molecule has 0 aliphatic carbocycles. The van der Waals surface area contributed by atoms with E-state index in [9.17, 15) is 9.59 Å². The molecule has 1 aromatic rings. The summed E-state index contributed by atoms with van der Waals surface area (Å²) in [6, 6.07) is 7.91. The summed E-state index contributed by atoms with van der Waals surface area (Å²) in [5.41, 5.74) is 1.93. The number of anilines is 2. The third kappa shape index (κ3) is 5.68. The van der Waals surface area contributed by atoms with E-state index in [0.717, 1.165) is 57.1 Å². The van der Waals surface area contributed by atoms with E-state index in [4.69, 9.17) is 9.47 Å². The summed E-state index contributed by atoms with van der Waals surface area (Å²) in [6.07, 6.45) is 1.74. The van der Waals surface area contributed by atoms with Crippen molar-refractivity contribution in [3.05, 3.63) is 24.3 Å². The number of carbonyl (C=O) groups is 2. The number of morpholine rings is 1. The molecule has 2 aliphatic heterocycles. The maximum atomic E-state index is 12.4. The van der Waals surface area contributed by atoms with Crippen molar-refractivity contribution in [2.45, 2.75) is 19.8 Å². The minimum absolute atomic E-state index is 0.0568. The van der Waals surface area contributed by atoms with Gasteiger partial charge in [-0.15, -0.1) is 0 Å². The third-order valence-electron chi connectivity index (χ3n) is 5.02. The van der Waals surface area contributed by atoms with Crippen molar-refractivity contribution >= 4 is 23.3 Å². The molecule has 2 fully saturated rings. The summed E-state index contributed by atoms with van der Waals surface area (Å²) in [6.45, 7) is 7.21. The Morgan fingerprint density at radius 1 is 1.19 bits per heavy atom. The quantitative estimate of drug-likeness (QED) is 0.764. The van der Waals surface area contributed by atoms with Crippen LogP contribution in [-0.4, -0.2) is 69.3 Å². The van der Waals surface area contributed by atoms with E-state index in [2.05, 4.69) is 10.2 Å². The maximum Gasteiger partial charge on any atom is 0.310 e. The fraction of sp³-hybridized carbons (Fsp3) is 0.600. The second-order valence-electron chi connectivity index (χ2n) is 7.02. The first kappa shape index (κ1) is 19.6. The number of carbonyl (C=O) groups excluding carboxylic acids is 2. The highest BCUT2D eigenvalue weighted by Crippen LogP contribution is 2.20. The van der Waals surface area contributed by atoms with Crippen molar-refractivity contribution < 1.29 is 19.1 Å². The van der Waals surface area contributed by atoms with E-state index >= 15 is 0 Å². The fourth-order valence-electron chi connectivity index (χ4n) is 3.63. The number of nitrogens with one attached hydrogen (secondary N) is 1. The van der Waals surface area contributed by atoms with E-state index in [1.54, 1.807) is 0 Å². The van der Waals surface area contributed by atoms with Gasteiger partial charge in [0.05, 0.1) is 32.3 Å². The topological polar surface area (TPSA) is 71.1 Å². The lowest BCUT2D eigenvalue weighted by atomic mass is 9.98. The number of nitrogens with zero attached hydrogens (tertiary/aromatic N) is 2. The van der Waals surface area contributed by atoms with Crippen molar-refractivity contribution in [2.75, 3.05) is 62.8 Å². The van der Waals surface area contributed by atoms with Gasteiger partial charge in [0.25, 0.3) is 0 Å². The number of benzene rings is 1. The molecule has 148 valence electrons. The molecule has 1 aromatic carbocycles. The smallest absolute Gasteiger partial charge is 0.310 e. The summed E-state index contributed by atoms with van der Waals surface area (Å²) < 4.78 is 10.5. The highest BCUT2D eigenvalue weighted by molar-refractivity contribution is 5.92. The molecular formula is C20H29N3O4. The van der Waals surface area contributed by atoms with Crippen LogP contribution in [0.4, 0.5) is 11.4 Å². The predicted molar refractivity (Wildman–Crippen MR) is 104 cm³/mol. The zero-order chi connectivity index (χ0) is 19.1. The van der Waals surface area contributed by atoms with Gasteiger partial charge >= 0.3 is 5.97 Å². The van der Waals surface area contributed by atoms with Crippen LogP contribution in [0.2, 0.25) is 0 Å². The predicted octanol–water partition coefficient (Wildman–Crippen LogP) is 1.74. The van der Waals surface area contributed by atoms with Crippen LogP contribution < -0.4 is 10.2 Å². The minimum atomic E-state index is -0.152. The number of hydrogen-bond donors (Lipinski definition) is 1. The molecule has 2 heterocycles. The molecule has 2 aliphatic rings. The Morgan fingerprint density at radius 3 is 2.63 bits per heavy atom. The van der Waals surface area contributed by atoms with E-state index in [-0.39, 0.29) is 17.8 Å². The summed E-state index contributed by atoms with van der Waals surface area (Å²) in [4.78, 5) is 28.6. The molecule has 1 unspecified atom stereocenters. The second kappa shape index (κ2) is 9.71. The number of rotatable bonds is 6. The van der Waals surface area contributed by atoms with Crippen LogP contribution in [0.5, 0.6) is 0 Å². The van der Waals surface area contributed by atoms with Gasteiger partial charge in [0.1, 0.15) is 0 Å². The lowest BCUT2D eigenvalue weighted by Crippen LogP contribution is -2.43. The Hall–Kier alpha value is -2.12. The Labute approximate surface area is 160 Å². The number of likely N-dealkylation sites (tertiary alicyclic amines) is 1. The van der Waals surface area contributed by atoms with Crippen LogP contribution in [0.1, 0.15) is 19.8 Å². The molecule has 1 amide bonds. The molecule has 0 bridgehead atoms. The number of ether oxygens (including phenoxy) is 2.